The Morgan fingerprint density at radius 1 is 1.19 bits per heavy atom. The highest BCUT2D eigenvalue weighted by Gasteiger charge is 2.29. The zero-order valence-corrected chi connectivity index (χ0v) is 12.1. The smallest absolute Gasteiger partial charge is 0.203 e. The van der Waals surface area contributed by atoms with E-state index in [-0.39, 0.29) is 5.82 Å². The van der Waals surface area contributed by atoms with Crippen molar-refractivity contribution in [2.45, 2.75) is 31.7 Å². The van der Waals surface area contributed by atoms with Gasteiger partial charge >= 0.3 is 0 Å². The number of nitrogens with one attached hydrogen (secondary N) is 2. The number of piperidine rings is 1. The van der Waals surface area contributed by atoms with E-state index in [0.29, 0.717) is 0 Å². The van der Waals surface area contributed by atoms with Crippen molar-refractivity contribution in [3.05, 3.63) is 24.0 Å². The molecule has 2 N–H and O–H groups in total. The van der Waals surface area contributed by atoms with Crippen molar-refractivity contribution in [1.82, 2.24) is 15.3 Å². The number of anilines is 1. The van der Waals surface area contributed by atoms with Crippen molar-refractivity contribution < 1.29 is 4.39 Å². The van der Waals surface area contributed by atoms with Crippen LogP contribution in [0.4, 0.5) is 10.3 Å². The summed E-state index contributed by atoms with van der Waals surface area (Å²) >= 11 is 0. The Balaban J connectivity index is 1.46. The standard InChI is InChI=1S/C16H21FN4/c17-12-3-4-14-15(10-12)20-16(19-14)21-8-5-11(6-9-21)13-2-1-7-18-13/h3-4,10-11,13,18H,1-2,5-9H2,(H,19,20). The monoisotopic (exact) mass is 288 g/mol. The van der Waals surface area contributed by atoms with Crippen molar-refractivity contribution >= 4 is 17.0 Å². The van der Waals surface area contributed by atoms with Crippen LogP contribution >= 0.6 is 0 Å². The molecule has 2 aromatic rings. The van der Waals surface area contributed by atoms with Crippen LogP contribution in [0, 0.1) is 11.7 Å². The van der Waals surface area contributed by atoms with E-state index >= 15 is 0 Å². The fourth-order valence-corrected chi connectivity index (χ4v) is 3.75. The number of imidazole rings is 1. The van der Waals surface area contributed by atoms with Gasteiger partial charge in [0.25, 0.3) is 0 Å². The van der Waals surface area contributed by atoms with E-state index in [1.165, 1.54) is 44.4 Å². The number of hydrogen-bond donors (Lipinski definition) is 2. The molecule has 2 aliphatic heterocycles. The lowest BCUT2D eigenvalue weighted by atomic mass is 9.89. The molecule has 1 aromatic heterocycles. The van der Waals surface area contributed by atoms with Crippen molar-refractivity contribution in [3.8, 4) is 0 Å². The van der Waals surface area contributed by atoms with Gasteiger partial charge in [0.15, 0.2) is 0 Å². The van der Waals surface area contributed by atoms with E-state index in [0.717, 1.165) is 42.0 Å². The summed E-state index contributed by atoms with van der Waals surface area (Å²) < 4.78 is 13.2. The molecule has 2 saturated heterocycles. The number of H-pyrrole nitrogens is 1. The zero-order valence-electron chi connectivity index (χ0n) is 12.1. The Morgan fingerprint density at radius 3 is 2.81 bits per heavy atom. The van der Waals surface area contributed by atoms with E-state index in [4.69, 9.17) is 0 Å². The van der Waals surface area contributed by atoms with E-state index in [1.807, 2.05) is 0 Å². The Hall–Kier alpha value is -1.62. The Kier molecular flexibility index (Phi) is 3.30. The van der Waals surface area contributed by atoms with Gasteiger partial charge in [-0.1, -0.05) is 0 Å². The first-order valence-corrected chi connectivity index (χ1v) is 7.93. The van der Waals surface area contributed by atoms with Gasteiger partial charge in [-0.15, -0.1) is 0 Å². The second-order valence-corrected chi connectivity index (χ2v) is 6.25. The van der Waals surface area contributed by atoms with E-state index < -0.39 is 0 Å². The van der Waals surface area contributed by atoms with Crippen LogP contribution in [0.3, 0.4) is 0 Å². The summed E-state index contributed by atoms with van der Waals surface area (Å²) in [7, 11) is 0. The van der Waals surface area contributed by atoms with Crippen LogP contribution < -0.4 is 10.2 Å². The number of halogens is 1. The quantitative estimate of drug-likeness (QED) is 0.893. The van der Waals surface area contributed by atoms with Crippen LogP contribution in [0.25, 0.3) is 11.0 Å². The predicted molar refractivity (Wildman–Crippen MR) is 82.0 cm³/mol. The first-order chi connectivity index (χ1) is 10.3. The van der Waals surface area contributed by atoms with Crippen LogP contribution in [0.5, 0.6) is 0 Å². The van der Waals surface area contributed by atoms with Crippen LogP contribution in [-0.4, -0.2) is 35.6 Å². The lowest BCUT2D eigenvalue weighted by Gasteiger charge is -2.34. The van der Waals surface area contributed by atoms with Crippen molar-refractivity contribution in [2.75, 3.05) is 24.5 Å². The maximum Gasteiger partial charge on any atom is 0.203 e. The highest BCUT2D eigenvalue weighted by Crippen LogP contribution is 2.28. The second kappa shape index (κ2) is 5.30. The van der Waals surface area contributed by atoms with Gasteiger partial charge in [-0.05, 0) is 56.3 Å². The minimum absolute atomic E-state index is 0.219. The minimum Gasteiger partial charge on any atom is -0.342 e. The van der Waals surface area contributed by atoms with Crippen molar-refractivity contribution in [3.63, 3.8) is 0 Å². The number of hydrogen-bond acceptors (Lipinski definition) is 3. The molecule has 0 spiro atoms. The molecule has 0 aliphatic carbocycles. The highest BCUT2D eigenvalue weighted by atomic mass is 19.1. The average molecular weight is 288 g/mol. The van der Waals surface area contributed by atoms with Crippen molar-refractivity contribution in [1.29, 1.82) is 0 Å². The molecule has 3 heterocycles. The van der Waals surface area contributed by atoms with Gasteiger partial charge < -0.3 is 15.2 Å². The predicted octanol–water partition coefficient (Wildman–Crippen LogP) is 2.67. The molecule has 4 nitrogen and oxygen atoms in total. The summed E-state index contributed by atoms with van der Waals surface area (Å²) in [5, 5.41) is 3.63. The minimum atomic E-state index is -0.219. The molecule has 2 fully saturated rings. The van der Waals surface area contributed by atoms with Crippen LogP contribution in [0.1, 0.15) is 25.7 Å². The third-order valence-corrected chi connectivity index (χ3v) is 4.94. The molecule has 1 unspecified atom stereocenters. The molecule has 0 bridgehead atoms. The normalized spacial score (nSPS) is 24.0. The lowest BCUT2D eigenvalue weighted by Crippen LogP contribution is -2.41. The Bertz CT molecular complexity index is 624. The van der Waals surface area contributed by atoms with Gasteiger partial charge in [-0.25, -0.2) is 9.37 Å². The zero-order chi connectivity index (χ0) is 14.2. The topological polar surface area (TPSA) is 44.0 Å². The number of aromatic nitrogens is 2. The Labute approximate surface area is 123 Å². The average Bonchev–Trinajstić information content (AvgIpc) is 3.16. The number of nitrogens with zero attached hydrogens (tertiary/aromatic N) is 2. The number of aromatic amines is 1. The summed E-state index contributed by atoms with van der Waals surface area (Å²) in [6.07, 6.45) is 5.07. The summed E-state index contributed by atoms with van der Waals surface area (Å²) in [5.74, 6) is 1.46. The van der Waals surface area contributed by atoms with E-state index in [1.54, 1.807) is 6.07 Å². The molecule has 0 amide bonds. The fourth-order valence-electron chi connectivity index (χ4n) is 3.75. The van der Waals surface area contributed by atoms with Crippen molar-refractivity contribution in [2.24, 2.45) is 5.92 Å². The molecular formula is C16H21FN4. The number of fused-ring (bicyclic) bond motifs is 1. The van der Waals surface area contributed by atoms with Gasteiger partial charge in [-0.3, -0.25) is 0 Å². The maximum absolute atomic E-state index is 13.2. The molecule has 1 atom stereocenters. The summed E-state index contributed by atoms with van der Waals surface area (Å²) in [6.45, 7) is 3.25. The molecule has 5 heteroatoms. The third-order valence-electron chi connectivity index (χ3n) is 4.94. The van der Waals surface area contributed by atoms with Crippen LogP contribution in [0.2, 0.25) is 0 Å². The van der Waals surface area contributed by atoms with Crippen LogP contribution in [0.15, 0.2) is 18.2 Å². The Morgan fingerprint density at radius 2 is 2.05 bits per heavy atom. The van der Waals surface area contributed by atoms with E-state index in [9.17, 15) is 4.39 Å². The molecular weight excluding hydrogens is 267 g/mol. The SMILES string of the molecule is Fc1ccc2nc(N3CCC(C4CCCN4)CC3)[nH]c2c1. The number of benzene rings is 1. The van der Waals surface area contributed by atoms with Gasteiger partial charge in [0.2, 0.25) is 5.95 Å². The molecule has 0 radical (unpaired) electrons. The molecule has 21 heavy (non-hydrogen) atoms. The van der Waals surface area contributed by atoms with Gasteiger partial charge in [0.05, 0.1) is 11.0 Å². The molecule has 4 rings (SSSR count). The maximum atomic E-state index is 13.2. The first kappa shape index (κ1) is 13.1. The largest absolute Gasteiger partial charge is 0.342 e. The second-order valence-electron chi connectivity index (χ2n) is 6.25. The lowest BCUT2D eigenvalue weighted by molar-refractivity contribution is 0.318. The summed E-state index contributed by atoms with van der Waals surface area (Å²) in [6, 6.07) is 5.43. The van der Waals surface area contributed by atoms with Crippen LogP contribution in [-0.2, 0) is 0 Å². The number of rotatable bonds is 2. The van der Waals surface area contributed by atoms with Gasteiger partial charge in [0.1, 0.15) is 5.82 Å². The van der Waals surface area contributed by atoms with Gasteiger partial charge in [0, 0.05) is 19.1 Å². The third kappa shape index (κ3) is 2.50. The molecule has 1 aromatic carbocycles. The van der Waals surface area contributed by atoms with E-state index in [2.05, 4.69) is 20.2 Å². The summed E-state index contributed by atoms with van der Waals surface area (Å²) in [4.78, 5) is 10.1. The van der Waals surface area contributed by atoms with Gasteiger partial charge in [-0.2, -0.15) is 0 Å². The first-order valence-electron chi connectivity index (χ1n) is 7.93. The fraction of sp³-hybridized carbons (Fsp3) is 0.562. The highest BCUT2D eigenvalue weighted by molar-refractivity contribution is 5.77. The molecule has 0 saturated carbocycles. The molecule has 2 aliphatic rings. The summed E-state index contributed by atoms with van der Waals surface area (Å²) in [5.41, 5.74) is 1.62. The molecule has 112 valence electrons.